The summed E-state index contributed by atoms with van der Waals surface area (Å²) in [6.07, 6.45) is 4.78. The number of benzene rings is 1. The largest absolute Gasteiger partial charge is 0.335 e. The van der Waals surface area contributed by atoms with Crippen molar-refractivity contribution in [2.75, 3.05) is 7.05 Å². The fourth-order valence-corrected chi connectivity index (χ4v) is 3.39. The van der Waals surface area contributed by atoms with Crippen LogP contribution in [0.3, 0.4) is 0 Å². The van der Waals surface area contributed by atoms with E-state index >= 15 is 0 Å². The minimum absolute atomic E-state index is 0.293. The lowest BCUT2D eigenvalue weighted by Crippen LogP contribution is -2.28. The van der Waals surface area contributed by atoms with Gasteiger partial charge in [-0.15, -0.1) is 11.3 Å². The number of imidazole rings is 1. The smallest absolute Gasteiger partial charge is 0.246 e. The number of thiazole rings is 1. The summed E-state index contributed by atoms with van der Waals surface area (Å²) in [6.45, 7) is 1.74. The lowest BCUT2D eigenvalue weighted by molar-refractivity contribution is -0.126. The minimum atomic E-state index is -0.938. The van der Waals surface area contributed by atoms with Crippen LogP contribution in [0.4, 0.5) is 8.78 Å². The lowest BCUT2D eigenvalue weighted by Gasteiger charge is -2.24. The average molecular weight is 382 g/mol. The lowest BCUT2D eigenvalue weighted by atomic mass is 10.1. The zero-order chi connectivity index (χ0) is 18.1. The van der Waals surface area contributed by atoms with Gasteiger partial charge in [0, 0.05) is 24.7 Å². The molecule has 0 aliphatic heterocycles. The Bertz CT molecular complexity index is 966. The highest BCUT2D eigenvalue weighted by Gasteiger charge is 2.17. The van der Waals surface area contributed by atoms with Gasteiger partial charge in [-0.05, 0) is 30.7 Å². The first-order valence-corrected chi connectivity index (χ1v) is 8.65. The molecule has 0 aliphatic rings. The third kappa shape index (κ3) is 3.43. The van der Waals surface area contributed by atoms with E-state index in [1.807, 2.05) is 11.6 Å². The number of fused-ring (bicyclic) bond motifs is 1. The van der Waals surface area contributed by atoms with E-state index < -0.39 is 17.7 Å². The van der Waals surface area contributed by atoms with Gasteiger partial charge >= 0.3 is 0 Å². The fourth-order valence-electron chi connectivity index (χ4n) is 2.38. The van der Waals surface area contributed by atoms with Crippen LogP contribution >= 0.6 is 22.9 Å². The number of rotatable bonds is 4. The van der Waals surface area contributed by atoms with E-state index in [1.165, 1.54) is 28.4 Å². The summed E-state index contributed by atoms with van der Waals surface area (Å²) < 4.78 is 28.2. The molecule has 0 saturated carbocycles. The molecule has 2 heterocycles. The summed E-state index contributed by atoms with van der Waals surface area (Å²) in [5.41, 5.74) is 1.12. The van der Waals surface area contributed by atoms with Gasteiger partial charge in [0.15, 0.2) is 21.7 Å². The Morgan fingerprint density at radius 3 is 2.88 bits per heavy atom. The zero-order valence-electron chi connectivity index (χ0n) is 13.4. The highest BCUT2D eigenvalue weighted by atomic mass is 35.5. The molecule has 0 spiro atoms. The molecule has 1 unspecified atom stereocenters. The van der Waals surface area contributed by atoms with Crippen molar-refractivity contribution in [3.8, 4) is 0 Å². The van der Waals surface area contributed by atoms with Crippen LogP contribution in [0.2, 0.25) is 5.15 Å². The molecule has 2 aromatic heterocycles. The molecule has 1 amide bonds. The second-order valence-corrected chi connectivity index (χ2v) is 6.71. The Morgan fingerprint density at radius 1 is 1.40 bits per heavy atom. The minimum Gasteiger partial charge on any atom is -0.335 e. The first kappa shape index (κ1) is 17.6. The molecule has 4 nitrogen and oxygen atoms in total. The van der Waals surface area contributed by atoms with E-state index in [0.717, 1.165) is 17.1 Å². The molecule has 0 fully saturated rings. The van der Waals surface area contributed by atoms with E-state index in [0.29, 0.717) is 16.4 Å². The van der Waals surface area contributed by atoms with E-state index in [-0.39, 0.29) is 5.91 Å². The van der Waals surface area contributed by atoms with Crippen molar-refractivity contribution in [1.29, 1.82) is 0 Å². The standard InChI is InChI=1S/C17H14ClF2N3OS/c1-10(11-3-4-12(19)13(20)9-11)22(2)15(24)6-5-14-16(18)21-17-23(14)7-8-25-17/h3-10H,1-2H3/b6-5+. The molecule has 130 valence electrons. The zero-order valence-corrected chi connectivity index (χ0v) is 15.0. The second kappa shape index (κ2) is 6.93. The molecule has 0 saturated heterocycles. The number of nitrogens with zero attached hydrogens (tertiary/aromatic N) is 3. The second-order valence-electron chi connectivity index (χ2n) is 5.48. The third-order valence-electron chi connectivity index (χ3n) is 3.99. The number of carbonyl (C=O) groups is 1. The normalized spacial score (nSPS) is 12.8. The average Bonchev–Trinajstić information content (AvgIpc) is 3.14. The number of hydrogen-bond acceptors (Lipinski definition) is 3. The van der Waals surface area contributed by atoms with Crippen molar-refractivity contribution >= 4 is 39.9 Å². The Morgan fingerprint density at radius 2 is 2.16 bits per heavy atom. The summed E-state index contributed by atoms with van der Waals surface area (Å²) in [5.74, 6) is -2.15. The molecule has 3 rings (SSSR count). The van der Waals surface area contributed by atoms with Crippen LogP contribution in [-0.2, 0) is 4.79 Å². The Hall–Kier alpha value is -2.25. The molecule has 1 aromatic carbocycles. The monoisotopic (exact) mass is 381 g/mol. The number of halogens is 3. The van der Waals surface area contributed by atoms with E-state index in [4.69, 9.17) is 11.6 Å². The highest BCUT2D eigenvalue weighted by Crippen LogP contribution is 2.24. The van der Waals surface area contributed by atoms with E-state index in [2.05, 4.69) is 4.98 Å². The van der Waals surface area contributed by atoms with Crippen molar-refractivity contribution < 1.29 is 13.6 Å². The van der Waals surface area contributed by atoms with Crippen molar-refractivity contribution in [1.82, 2.24) is 14.3 Å². The maximum Gasteiger partial charge on any atom is 0.246 e. The van der Waals surface area contributed by atoms with Gasteiger partial charge in [-0.25, -0.2) is 13.8 Å². The SMILES string of the molecule is CC(c1ccc(F)c(F)c1)N(C)C(=O)/C=C/c1c(Cl)nc2sccn12. The van der Waals surface area contributed by atoms with Gasteiger partial charge < -0.3 is 4.90 Å². The Kier molecular flexibility index (Phi) is 4.87. The van der Waals surface area contributed by atoms with Gasteiger partial charge in [0.2, 0.25) is 5.91 Å². The molecule has 8 heteroatoms. The maximum absolute atomic E-state index is 13.4. The first-order chi connectivity index (χ1) is 11.9. The number of carbonyl (C=O) groups excluding carboxylic acids is 1. The summed E-state index contributed by atoms with van der Waals surface area (Å²) in [6, 6.07) is 3.18. The number of aromatic nitrogens is 2. The summed E-state index contributed by atoms with van der Waals surface area (Å²) in [5, 5.41) is 2.18. The van der Waals surface area contributed by atoms with Crippen LogP contribution in [0, 0.1) is 11.6 Å². The first-order valence-electron chi connectivity index (χ1n) is 7.39. The van der Waals surface area contributed by atoms with Crippen LogP contribution < -0.4 is 0 Å². The predicted molar refractivity (Wildman–Crippen MR) is 94.7 cm³/mol. The van der Waals surface area contributed by atoms with Crippen molar-refractivity contribution in [2.45, 2.75) is 13.0 Å². The molecular weight excluding hydrogens is 368 g/mol. The quantitative estimate of drug-likeness (QED) is 0.621. The van der Waals surface area contributed by atoms with Gasteiger partial charge in [0.05, 0.1) is 11.7 Å². The molecule has 25 heavy (non-hydrogen) atoms. The van der Waals surface area contributed by atoms with Crippen molar-refractivity contribution in [2.24, 2.45) is 0 Å². The Balaban J connectivity index is 1.78. The van der Waals surface area contributed by atoms with Crippen LogP contribution in [0.1, 0.15) is 24.2 Å². The molecule has 0 radical (unpaired) electrons. The predicted octanol–water partition coefficient (Wildman–Crippen LogP) is 4.56. The summed E-state index contributed by atoms with van der Waals surface area (Å²) >= 11 is 7.52. The topological polar surface area (TPSA) is 37.6 Å². The highest BCUT2D eigenvalue weighted by molar-refractivity contribution is 7.15. The van der Waals surface area contributed by atoms with Crippen molar-refractivity contribution in [3.05, 3.63) is 63.9 Å². The van der Waals surface area contributed by atoms with Gasteiger partial charge in [-0.1, -0.05) is 17.7 Å². The third-order valence-corrected chi connectivity index (χ3v) is 5.03. The van der Waals surface area contributed by atoms with Crippen LogP contribution in [0.15, 0.2) is 35.9 Å². The summed E-state index contributed by atoms with van der Waals surface area (Å²) in [7, 11) is 1.59. The fraction of sp³-hybridized carbons (Fsp3) is 0.176. The molecule has 0 bridgehead atoms. The molecule has 0 aliphatic carbocycles. The summed E-state index contributed by atoms with van der Waals surface area (Å²) in [4.78, 5) is 18.8. The van der Waals surface area contributed by atoms with Crippen LogP contribution in [0.25, 0.3) is 11.0 Å². The van der Waals surface area contributed by atoms with Gasteiger partial charge in [0.25, 0.3) is 0 Å². The number of hydrogen-bond donors (Lipinski definition) is 0. The van der Waals surface area contributed by atoms with Gasteiger partial charge in [-0.3, -0.25) is 9.20 Å². The molecule has 1 atom stereocenters. The maximum atomic E-state index is 13.4. The number of amides is 1. The van der Waals surface area contributed by atoms with Crippen molar-refractivity contribution in [3.63, 3.8) is 0 Å². The molecular formula is C17H14ClF2N3OS. The van der Waals surface area contributed by atoms with Gasteiger partial charge in [0.1, 0.15) is 0 Å². The van der Waals surface area contributed by atoms with Gasteiger partial charge in [-0.2, -0.15) is 0 Å². The molecule has 3 aromatic rings. The number of likely N-dealkylation sites (N-methyl/N-ethyl adjacent to an activating group) is 1. The van der Waals surface area contributed by atoms with Crippen LogP contribution in [0.5, 0.6) is 0 Å². The van der Waals surface area contributed by atoms with E-state index in [9.17, 15) is 13.6 Å². The molecule has 0 N–H and O–H groups in total. The van der Waals surface area contributed by atoms with E-state index in [1.54, 1.807) is 24.4 Å². The van der Waals surface area contributed by atoms with Crippen LogP contribution in [-0.4, -0.2) is 27.2 Å². The Labute approximate surface area is 152 Å².